The molecular formula is C41H48Cl2Zr-4. The van der Waals surface area contributed by atoms with Gasteiger partial charge < -0.3 is 7.43 Å². The Kier molecular flexibility index (Phi) is 14.5. The maximum atomic E-state index is 3.50. The molecule has 3 aromatic rings. The fourth-order valence-electron chi connectivity index (χ4n) is 5.80. The van der Waals surface area contributed by atoms with Crippen LogP contribution in [0.5, 0.6) is 0 Å². The summed E-state index contributed by atoms with van der Waals surface area (Å²) in [5.41, 5.74) is 13.4. The van der Waals surface area contributed by atoms with Gasteiger partial charge in [-0.3, -0.25) is 12.2 Å². The molecule has 3 aromatic carbocycles. The van der Waals surface area contributed by atoms with Crippen molar-refractivity contribution in [3.05, 3.63) is 137 Å². The summed E-state index contributed by atoms with van der Waals surface area (Å²) in [5.74, 6) is 0.522. The Bertz CT molecular complexity index is 1420. The Balaban J connectivity index is 0.000000388. The van der Waals surface area contributed by atoms with Crippen LogP contribution in [0.15, 0.2) is 78.4 Å². The average molecular weight is 703 g/mol. The van der Waals surface area contributed by atoms with Gasteiger partial charge in [0, 0.05) is 5.41 Å². The maximum absolute atomic E-state index is 3.50. The van der Waals surface area contributed by atoms with Gasteiger partial charge in [-0.15, -0.1) is 36.4 Å². The van der Waals surface area contributed by atoms with Crippen molar-refractivity contribution in [2.75, 3.05) is 0 Å². The Morgan fingerprint density at radius 2 is 1.39 bits per heavy atom. The van der Waals surface area contributed by atoms with Gasteiger partial charge in [0.2, 0.25) is 0 Å². The van der Waals surface area contributed by atoms with Gasteiger partial charge in [-0.05, 0) is 45.9 Å². The van der Waals surface area contributed by atoms with E-state index in [9.17, 15) is 0 Å². The molecule has 3 heteroatoms. The van der Waals surface area contributed by atoms with Gasteiger partial charge in [-0.1, -0.05) is 96.4 Å². The standard InChI is InChI=1S/C23H21.C10H15.C6H5.CH3.CH2.2ClH.Zr/c1-22(2)7-5-14-10-18-16(12-20(14)22)9-17-13-21-15(11-19(17)18)6-8-23(21,3)4;1-8-5-6-9(7-8)10(2,3)4;1-2-4-6-5-3-1;;;;;/h5-7,10-13H,9H2,1-4H3;6-8H,1-4H3;1-5H;1H3;1H2;2*1H;/q4*-1;;;;. The van der Waals surface area contributed by atoms with Crippen LogP contribution in [0, 0.1) is 37.0 Å². The molecule has 4 aliphatic carbocycles. The van der Waals surface area contributed by atoms with Crippen LogP contribution in [-0.2, 0) is 41.5 Å². The van der Waals surface area contributed by atoms with Gasteiger partial charge >= 0.3 is 28.4 Å². The van der Waals surface area contributed by atoms with Gasteiger partial charge in [0.05, 0.1) is 0 Å². The smallest absolute Gasteiger partial charge is 0.171 e. The molecule has 0 radical (unpaired) electrons. The van der Waals surface area contributed by atoms with E-state index >= 15 is 0 Å². The summed E-state index contributed by atoms with van der Waals surface area (Å²) in [6, 6.07) is 22.2. The zero-order valence-electron chi connectivity index (χ0n) is 27.9. The van der Waals surface area contributed by atoms with Crippen molar-refractivity contribution in [1.29, 1.82) is 0 Å². The average Bonchev–Trinajstić information content (AvgIpc) is 3.69. The fourth-order valence-corrected chi connectivity index (χ4v) is 5.80. The topological polar surface area (TPSA) is 0 Å². The van der Waals surface area contributed by atoms with Crippen LogP contribution in [0.4, 0.5) is 0 Å². The van der Waals surface area contributed by atoms with Crippen molar-refractivity contribution < 1.29 is 24.2 Å². The van der Waals surface area contributed by atoms with Crippen molar-refractivity contribution in [2.45, 2.75) is 72.6 Å². The van der Waals surface area contributed by atoms with E-state index in [0.29, 0.717) is 11.3 Å². The van der Waals surface area contributed by atoms with Crippen molar-refractivity contribution in [3.63, 3.8) is 0 Å². The molecule has 0 nitrogen and oxygen atoms in total. The molecule has 0 saturated heterocycles. The van der Waals surface area contributed by atoms with Gasteiger partial charge in [0.15, 0.2) is 0 Å². The minimum atomic E-state index is 0. The number of hydrogen-bond donors (Lipinski definition) is 0. The molecule has 0 N–H and O–H groups in total. The first kappa shape index (κ1) is 40.0. The maximum Gasteiger partial charge on any atom is -0.171 e. The Morgan fingerprint density at radius 3 is 1.84 bits per heavy atom. The van der Waals surface area contributed by atoms with Crippen LogP contribution in [0.25, 0.3) is 23.3 Å². The molecule has 0 spiro atoms. The molecule has 7 rings (SSSR count). The summed E-state index contributed by atoms with van der Waals surface area (Å²) in [4.78, 5) is 0. The van der Waals surface area contributed by atoms with E-state index in [1.807, 2.05) is 30.3 Å². The molecule has 1 unspecified atom stereocenters. The summed E-state index contributed by atoms with van der Waals surface area (Å²) in [7, 11) is 0. The normalized spacial score (nSPS) is 17.5. The van der Waals surface area contributed by atoms with Crippen LogP contribution < -0.4 is 0 Å². The van der Waals surface area contributed by atoms with Crippen molar-refractivity contribution in [2.24, 2.45) is 11.3 Å². The SMILES string of the molecule is CC1(C)[C-]=Cc2cc3c(cc21)Cc1cc2c(cc1-3)C=CC2(C)C.CC1[C-]=CC(C(C)(C)C)=C1.Cl.Cl.[CH2]=[Zr].[CH3-].[c-]1ccccc1. The van der Waals surface area contributed by atoms with Crippen molar-refractivity contribution >= 4 is 41.2 Å². The molecule has 44 heavy (non-hydrogen) atoms. The van der Waals surface area contributed by atoms with E-state index < -0.39 is 0 Å². The van der Waals surface area contributed by atoms with E-state index in [0.717, 1.165) is 6.42 Å². The molecule has 0 bridgehead atoms. The summed E-state index contributed by atoms with van der Waals surface area (Å²) >= 11 is 1.30. The van der Waals surface area contributed by atoms with Gasteiger partial charge in [0.25, 0.3) is 0 Å². The monoisotopic (exact) mass is 700 g/mol. The Morgan fingerprint density at radius 1 is 0.818 bits per heavy atom. The zero-order chi connectivity index (χ0) is 30.0. The van der Waals surface area contributed by atoms with Gasteiger partial charge in [0.1, 0.15) is 0 Å². The van der Waals surface area contributed by atoms with E-state index in [-0.39, 0.29) is 43.1 Å². The minimum absolute atomic E-state index is 0. The molecule has 0 fully saturated rings. The number of hydrogen-bond acceptors (Lipinski definition) is 0. The summed E-state index contributed by atoms with van der Waals surface area (Å²) in [6.07, 6.45) is 19.0. The molecular weight excluding hydrogens is 655 g/mol. The summed E-state index contributed by atoms with van der Waals surface area (Å²) in [5, 5.41) is 0. The van der Waals surface area contributed by atoms with E-state index in [4.69, 9.17) is 0 Å². The minimum Gasteiger partial charge on any atom is -0.358 e. The molecule has 0 amide bonds. The number of rotatable bonds is 0. The second-order valence-electron chi connectivity index (χ2n) is 13.4. The summed E-state index contributed by atoms with van der Waals surface area (Å²) < 4.78 is 3.34. The molecule has 0 saturated carbocycles. The molecule has 234 valence electrons. The van der Waals surface area contributed by atoms with Gasteiger partial charge in [-0.25, -0.2) is 12.2 Å². The van der Waals surface area contributed by atoms with Crippen LogP contribution in [0.2, 0.25) is 0 Å². The largest absolute Gasteiger partial charge is 0.358 e. The first-order valence-corrected chi connectivity index (χ1v) is 16.3. The van der Waals surface area contributed by atoms with E-state index in [1.165, 1.54) is 74.3 Å². The predicted octanol–water partition coefficient (Wildman–Crippen LogP) is 11.4. The quantitative estimate of drug-likeness (QED) is 0.160. The van der Waals surface area contributed by atoms with E-state index in [1.54, 1.807) is 0 Å². The molecule has 0 aromatic heterocycles. The molecule has 1 atom stereocenters. The fraction of sp³-hybridized carbons (Fsp3) is 0.317. The first-order valence-electron chi connectivity index (χ1n) is 14.6. The van der Waals surface area contributed by atoms with Crippen LogP contribution in [0.3, 0.4) is 0 Å². The molecule has 0 heterocycles. The van der Waals surface area contributed by atoms with Gasteiger partial charge in [-0.2, -0.15) is 53.6 Å². The van der Waals surface area contributed by atoms with Crippen molar-refractivity contribution in [3.8, 4) is 11.1 Å². The summed E-state index contributed by atoms with van der Waals surface area (Å²) in [6.45, 7) is 18.0. The predicted molar refractivity (Wildman–Crippen MR) is 195 cm³/mol. The second kappa shape index (κ2) is 16.0. The third-order valence-electron chi connectivity index (χ3n) is 8.26. The van der Waals surface area contributed by atoms with Crippen LogP contribution in [0.1, 0.15) is 88.8 Å². The number of halogens is 2. The van der Waals surface area contributed by atoms with E-state index in [2.05, 4.69) is 132 Å². The Labute approximate surface area is 296 Å². The first-order chi connectivity index (χ1) is 19.3. The number of fused-ring (bicyclic) bond motifs is 5. The second-order valence-corrected chi connectivity index (χ2v) is 13.4. The zero-order valence-corrected chi connectivity index (χ0v) is 32.0. The molecule has 0 aliphatic heterocycles. The number of benzene rings is 3. The Hall–Kier alpha value is -2.05. The van der Waals surface area contributed by atoms with Crippen LogP contribution in [-0.4, -0.2) is 4.21 Å². The van der Waals surface area contributed by atoms with Crippen molar-refractivity contribution in [1.82, 2.24) is 0 Å². The van der Waals surface area contributed by atoms with Crippen LogP contribution >= 0.6 is 24.8 Å². The molecule has 4 aliphatic rings. The third-order valence-corrected chi connectivity index (χ3v) is 8.26. The third kappa shape index (κ3) is 8.81. The number of allylic oxidation sites excluding steroid dienone is 6.